The summed E-state index contributed by atoms with van der Waals surface area (Å²) in [7, 11) is 0. The third-order valence-electron chi connectivity index (χ3n) is 5.92. The van der Waals surface area contributed by atoms with E-state index in [1.807, 2.05) is 6.20 Å². The van der Waals surface area contributed by atoms with Crippen molar-refractivity contribution >= 4 is 17.7 Å². The average molecular weight is 328 g/mol. The highest BCUT2D eigenvalue weighted by Crippen LogP contribution is 2.40. The van der Waals surface area contributed by atoms with Crippen LogP contribution in [0.3, 0.4) is 0 Å². The Labute approximate surface area is 142 Å². The molecule has 24 heavy (non-hydrogen) atoms. The minimum absolute atomic E-state index is 0.109. The smallest absolute Gasteiger partial charge is 0.291 e. The van der Waals surface area contributed by atoms with Gasteiger partial charge in [-0.2, -0.15) is 0 Å². The second-order valence-corrected chi connectivity index (χ2v) is 7.42. The van der Waals surface area contributed by atoms with E-state index in [0.717, 1.165) is 32.0 Å². The number of aliphatic imine (C=N–C) groups is 1. The Bertz CT molecular complexity index is 633. The summed E-state index contributed by atoms with van der Waals surface area (Å²) in [6.07, 6.45) is 8.56. The molecular formula is C17H24N6O. The zero-order valence-electron chi connectivity index (χ0n) is 13.9. The zero-order valence-corrected chi connectivity index (χ0v) is 13.9. The van der Waals surface area contributed by atoms with Crippen LogP contribution < -0.4 is 10.2 Å². The predicted molar refractivity (Wildman–Crippen MR) is 92.4 cm³/mol. The minimum Gasteiger partial charge on any atom is -0.455 e. The Kier molecular flexibility index (Phi) is 3.36. The monoisotopic (exact) mass is 328 g/mol. The maximum atomic E-state index is 6.28. The Balaban J connectivity index is 1.24. The van der Waals surface area contributed by atoms with Gasteiger partial charge in [-0.25, -0.2) is 15.0 Å². The lowest BCUT2D eigenvalue weighted by molar-refractivity contribution is -0.0829. The average Bonchev–Trinajstić information content (AvgIpc) is 3.28. The van der Waals surface area contributed by atoms with Gasteiger partial charge in [-0.1, -0.05) is 0 Å². The van der Waals surface area contributed by atoms with Crippen LogP contribution in [0.4, 0.5) is 11.6 Å². The Morgan fingerprint density at radius 3 is 2.58 bits per heavy atom. The fourth-order valence-corrected chi connectivity index (χ4v) is 4.55. The number of hydrogen-bond acceptors (Lipinski definition) is 7. The molecule has 5 aliphatic heterocycles. The van der Waals surface area contributed by atoms with Gasteiger partial charge in [0.05, 0.1) is 18.9 Å². The molecule has 128 valence electrons. The summed E-state index contributed by atoms with van der Waals surface area (Å²) in [6.45, 7) is 6.35. The molecule has 7 nitrogen and oxygen atoms in total. The summed E-state index contributed by atoms with van der Waals surface area (Å²) in [6, 6.07) is 0.604. The molecule has 1 atom stereocenters. The second-order valence-electron chi connectivity index (χ2n) is 7.42. The summed E-state index contributed by atoms with van der Waals surface area (Å²) in [5.74, 6) is 2.30. The molecule has 0 aliphatic carbocycles. The van der Waals surface area contributed by atoms with E-state index in [1.54, 1.807) is 6.20 Å². The van der Waals surface area contributed by atoms with Gasteiger partial charge < -0.3 is 9.64 Å². The van der Waals surface area contributed by atoms with Gasteiger partial charge in [0.15, 0.2) is 5.82 Å². The number of aromatic nitrogens is 2. The van der Waals surface area contributed by atoms with Crippen molar-refractivity contribution in [3.63, 3.8) is 0 Å². The van der Waals surface area contributed by atoms with Crippen molar-refractivity contribution in [3.8, 4) is 0 Å². The zero-order chi connectivity index (χ0) is 16.0. The maximum Gasteiger partial charge on any atom is 0.291 e. The molecule has 4 saturated heterocycles. The topological polar surface area (TPSA) is 65.9 Å². The van der Waals surface area contributed by atoms with Crippen molar-refractivity contribution < 1.29 is 4.74 Å². The molecule has 5 aliphatic rings. The summed E-state index contributed by atoms with van der Waals surface area (Å²) in [5.41, 5.74) is -0.109. The molecule has 6 rings (SSSR count). The minimum atomic E-state index is -0.109. The first-order valence-corrected chi connectivity index (χ1v) is 9.11. The summed E-state index contributed by atoms with van der Waals surface area (Å²) < 4.78 is 6.28. The van der Waals surface area contributed by atoms with Crippen LogP contribution in [0.2, 0.25) is 0 Å². The van der Waals surface area contributed by atoms with Gasteiger partial charge in [-0.15, -0.1) is 0 Å². The summed E-state index contributed by atoms with van der Waals surface area (Å²) >= 11 is 0. The predicted octanol–water partition coefficient (Wildman–Crippen LogP) is 1.34. The standard InChI is InChI=1S/C17H24N6O/c1-2-6-23(5-1)15-10-18-14(9-19-15)21-16-20-11-17(24-16)12-22-7-3-13(17)4-8-22/h9-10,13H,1-8,11-12H2,(H,18,20,21)/t17-/m0/s1. The van der Waals surface area contributed by atoms with Crippen molar-refractivity contribution in [2.24, 2.45) is 10.9 Å². The van der Waals surface area contributed by atoms with Crippen LogP contribution in [-0.4, -0.2) is 65.8 Å². The van der Waals surface area contributed by atoms with E-state index in [2.05, 4.69) is 30.1 Å². The van der Waals surface area contributed by atoms with Gasteiger partial charge in [-0.05, 0) is 38.8 Å². The molecule has 7 heteroatoms. The second kappa shape index (κ2) is 5.58. The van der Waals surface area contributed by atoms with Gasteiger partial charge in [0.1, 0.15) is 11.4 Å². The molecule has 0 unspecified atom stereocenters. The van der Waals surface area contributed by atoms with Crippen LogP contribution >= 0.6 is 0 Å². The third kappa shape index (κ3) is 2.42. The number of hydrogen-bond donors (Lipinski definition) is 1. The molecule has 4 fully saturated rings. The SMILES string of the molecule is c1nc(N2CCCC2)cnc1NC1=NC[C@@]2(CN3CCC2CC3)O1. The van der Waals surface area contributed by atoms with Crippen molar-refractivity contribution in [2.75, 3.05) is 49.5 Å². The van der Waals surface area contributed by atoms with E-state index in [-0.39, 0.29) is 5.60 Å². The van der Waals surface area contributed by atoms with Crippen LogP contribution in [0, 0.1) is 5.92 Å². The molecule has 1 spiro atoms. The van der Waals surface area contributed by atoms with E-state index in [9.17, 15) is 0 Å². The molecule has 2 bridgehead atoms. The van der Waals surface area contributed by atoms with Crippen LogP contribution in [0.25, 0.3) is 0 Å². The number of rotatable bonds is 2. The summed E-state index contributed by atoms with van der Waals surface area (Å²) in [5, 5.41) is 3.21. The van der Waals surface area contributed by atoms with Crippen LogP contribution in [0.5, 0.6) is 0 Å². The highest BCUT2D eigenvalue weighted by Gasteiger charge is 2.51. The molecule has 1 N–H and O–H groups in total. The van der Waals surface area contributed by atoms with E-state index in [1.165, 1.54) is 38.8 Å². The number of ether oxygens (including phenoxy) is 1. The third-order valence-corrected chi connectivity index (χ3v) is 5.92. The van der Waals surface area contributed by atoms with Crippen molar-refractivity contribution in [3.05, 3.63) is 12.4 Å². The number of nitrogens with one attached hydrogen (secondary N) is 1. The molecule has 0 saturated carbocycles. The van der Waals surface area contributed by atoms with Gasteiger partial charge in [0.2, 0.25) is 0 Å². The van der Waals surface area contributed by atoms with E-state index >= 15 is 0 Å². The molecular weight excluding hydrogens is 304 g/mol. The normalized spacial score (nSPS) is 34.5. The lowest BCUT2D eigenvalue weighted by Crippen LogP contribution is -2.61. The molecule has 1 aromatic rings. The highest BCUT2D eigenvalue weighted by atomic mass is 16.5. The van der Waals surface area contributed by atoms with Gasteiger partial charge in [-0.3, -0.25) is 10.2 Å². The number of nitrogens with zero attached hydrogens (tertiary/aromatic N) is 5. The van der Waals surface area contributed by atoms with Crippen LogP contribution in [0.15, 0.2) is 17.4 Å². The molecule has 0 aromatic carbocycles. The van der Waals surface area contributed by atoms with E-state index in [0.29, 0.717) is 17.8 Å². The largest absolute Gasteiger partial charge is 0.455 e. The first-order valence-electron chi connectivity index (χ1n) is 9.11. The Hall–Kier alpha value is -1.89. The van der Waals surface area contributed by atoms with E-state index in [4.69, 9.17) is 4.74 Å². The van der Waals surface area contributed by atoms with Gasteiger partial charge >= 0.3 is 0 Å². The number of amidine groups is 1. The lowest BCUT2D eigenvalue weighted by Gasteiger charge is -2.50. The quantitative estimate of drug-likeness (QED) is 0.884. The highest BCUT2D eigenvalue weighted by molar-refractivity contribution is 5.89. The first-order chi connectivity index (χ1) is 11.8. The number of piperidine rings is 3. The first kappa shape index (κ1) is 14.5. The molecule has 0 radical (unpaired) electrons. The molecule has 6 heterocycles. The van der Waals surface area contributed by atoms with Crippen molar-refractivity contribution in [2.45, 2.75) is 31.3 Å². The Morgan fingerprint density at radius 1 is 1.08 bits per heavy atom. The number of fused-ring (bicyclic) bond motifs is 2. The van der Waals surface area contributed by atoms with E-state index < -0.39 is 0 Å². The molecule has 1 aromatic heterocycles. The van der Waals surface area contributed by atoms with Crippen molar-refractivity contribution in [1.82, 2.24) is 14.9 Å². The van der Waals surface area contributed by atoms with Crippen molar-refractivity contribution in [1.29, 1.82) is 0 Å². The van der Waals surface area contributed by atoms with Gasteiger partial charge in [0.25, 0.3) is 6.02 Å². The maximum absolute atomic E-state index is 6.28. The van der Waals surface area contributed by atoms with Crippen LogP contribution in [-0.2, 0) is 4.74 Å². The fraction of sp³-hybridized carbons (Fsp3) is 0.706. The van der Waals surface area contributed by atoms with Gasteiger partial charge in [0, 0.05) is 25.6 Å². The van der Waals surface area contributed by atoms with Crippen LogP contribution in [0.1, 0.15) is 25.7 Å². The number of anilines is 2. The summed E-state index contributed by atoms with van der Waals surface area (Å²) in [4.78, 5) is 18.4. The lowest BCUT2D eigenvalue weighted by atomic mass is 9.75. The fourth-order valence-electron chi connectivity index (χ4n) is 4.55. The Morgan fingerprint density at radius 2 is 1.92 bits per heavy atom. The molecule has 0 amide bonds.